The predicted molar refractivity (Wildman–Crippen MR) is 48.4 cm³/mol. The lowest BCUT2D eigenvalue weighted by Gasteiger charge is -2.31. The summed E-state index contributed by atoms with van der Waals surface area (Å²) in [6.45, 7) is -0.916. The Kier molecular flexibility index (Phi) is 5.48. The molecule has 0 aliphatic heterocycles. The Hall–Kier alpha value is -1.06. The minimum Gasteiger partial charge on any atom is -0.481 e. The molecule has 0 rings (SSSR count). The van der Waals surface area contributed by atoms with Crippen LogP contribution in [0.3, 0.4) is 0 Å². The minimum absolute atomic E-state index is 0.237. The molecular formula is C8H14O8. The molecule has 0 aromatic rings. The molecule has 0 saturated carbocycles. The van der Waals surface area contributed by atoms with Crippen molar-refractivity contribution in [1.29, 1.82) is 0 Å². The number of rotatable bonds is 7. The maximum atomic E-state index is 10.5. The van der Waals surface area contributed by atoms with Crippen LogP contribution in [0.1, 0.15) is 6.42 Å². The third kappa shape index (κ3) is 3.51. The highest BCUT2D eigenvalue weighted by Crippen LogP contribution is 2.18. The molecule has 8 nitrogen and oxygen atoms in total. The zero-order chi connectivity index (χ0) is 12.9. The van der Waals surface area contributed by atoms with Crippen LogP contribution in [0.25, 0.3) is 0 Å². The van der Waals surface area contributed by atoms with E-state index < -0.39 is 42.9 Å². The summed E-state index contributed by atoms with van der Waals surface area (Å²) in [5.74, 6) is -1.57. The van der Waals surface area contributed by atoms with E-state index in [4.69, 9.17) is 15.3 Å². The van der Waals surface area contributed by atoms with Crippen LogP contribution < -0.4 is 0 Å². The number of carboxylic acid groups (broad SMARTS) is 1. The zero-order valence-corrected chi connectivity index (χ0v) is 8.22. The third-order valence-corrected chi connectivity index (χ3v) is 2.06. The van der Waals surface area contributed by atoms with E-state index in [0.29, 0.717) is 0 Å². The van der Waals surface area contributed by atoms with E-state index in [1.807, 2.05) is 0 Å². The Morgan fingerprint density at radius 2 is 1.81 bits per heavy atom. The van der Waals surface area contributed by atoms with Gasteiger partial charge in [-0.15, -0.1) is 0 Å². The number of carboxylic acids is 1. The average molecular weight is 238 g/mol. The summed E-state index contributed by atoms with van der Waals surface area (Å²) >= 11 is 0. The van der Waals surface area contributed by atoms with Crippen LogP contribution >= 0.6 is 0 Å². The van der Waals surface area contributed by atoms with Crippen molar-refractivity contribution in [3.8, 4) is 0 Å². The van der Waals surface area contributed by atoms with Gasteiger partial charge in [-0.3, -0.25) is 4.79 Å². The monoisotopic (exact) mass is 238 g/mol. The van der Waals surface area contributed by atoms with Crippen LogP contribution in [-0.4, -0.2) is 73.4 Å². The number of hydrogen-bond acceptors (Lipinski definition) is 7. The van der Waals surface area contributed by atoms with Gasteiger partial charge in [0.2, 0.25) is 0 Å². The highest BCUT2D eigenvalue weighted by molar-refractivity contribution is 5.76. The molecule has 4 atom stereocenters. The maximum Gasteiger partial charge on any atom is 0.306 e. The second-order valence-corrected chi connectivity index (χ2v) is 3.36. The Labute approximate surface area is 90.4 Å². The van der Waals surface area contributed by atoms with Crippen LogP contribution in [0.15, 0.2) is 0 Å². The summed E-state index contributed by atoms with van der Waals surface area (Å²) in [5.41, 5.74) is -2.72. The second kappa shape index (κ2) is 5.87. The topological polar surface area (TPSA) is 156 Å². The number of carbonyl (C=O) groups excluding carboxylic acids is 1. The van der Waals surface area contributed by atoms with E-state index in [1.165, 1.54) is 0 Å². The maximum absolute atomic E-state index is 10.5. The molecule has 16 heavy (non-hydrogen) atoms. The molecule has 8 heteroatoms. The fraction of sp³-hybridized carbons (Fsp3) is 0.750. The quantitative estimate of drug-likeness (QED) is 0.249. The molecule has 94 valence electrons. The van der Waals surface area contributed by atoms with Gasteiger partial charge >= 0.3 is 5.97 Å². The van der Waals surface area contributed by atoms with E-state index in [1.54, 1.807) is 0 Å². The first kappa shape index (κ1) is 14.9. The van der Waals surface area contributed by atoms with Crippen LogP contribution in [0.2, 0.25) is 0 Å². The van der Waals surface area contributed by atoms with Gasteiger partial charge < -0.3 is 35.4 Å². The van der Waals surface area contributed by atoms with Gasteiger partial charge in [-0.25, -0.2) is 0 Å². The molecule has 0 aromatic carbocycles. The van der Waals surface area contributed by atoms with Crippen LogP contribution in [0, 0.1) is 0 Å². The molecular weight excluding hydrogens is 224 g/mol. The minimum atomic E-state index is -2.72. The number of aliphatic carboxylic acids is 1. The van der Waals surface area contributed by atoms with Gasteiger partial charge in [-0.1, -0.05) is 0 Å². The average Bonchev–Trinajstić information content (AvgIpc) is 2.24. The van der Waals surface area contributed by atoms with E-state index in [2.05, 4.69) is 0 Å². The molecule has 6 N–H and O–H groups in total. The summed E-state index contributed by atoms with van der Waals surface area (Å²) in [5, 5.41) is 53.7. The van der Waals surface area contributed by atoms with Gasteiger partial charge in [-0.2, -0.15) is 0 Å². The summed E-state index contributed by atoms with van der Waals surface area (Å²) < 4.78 is 0. The van der Waals surface area contributed by atoms with Crippen molar-refractivity contribution < 1.29 is 40.2 Å². The van der Waals surface area contributed by atoms with Gasteiger partial charge in [0, 0.05) is 0 Å². The number of aliphatic hydroxyl groups is 5. The van der Waals surface area contributed by atoms with Crippen molar-refractivity contribution in [1.82, 2.24) is 0 Å². The molecule has 0 aromatic heterocycles. The molecule has 0 fully saturated rings. The van der Waals surface area contributed by atoms with Gasteiger partial charge in [-0.05, 0) is 0 Å². The third-order valence-electron chi connectivity index (χ3n) is 2.06. The molecule has 0 spiro atoms. The summed E-state index contributed by atoms with van der Waals surface area (Å²) in [6.07, 6.45) is -7.43. The van der Waals surface area contributed by atoms with E-state index in [-0.39, 0.29) is 6.29 Å². The first-order valence-electron chi connectivity index (χ1n) is 4.34. The van der Waals surface area contributed by atoms with Crippen molar-refractivity contribution in [2.75, 3.05) is 6.61 Å². The van der Waals surface area contributed by atoms with Crippen LogP contribution in [0.4, 0.5) is 0 Å². The SMILES string of the molecule is O=C[C@](O)(CC(=O)O)[C@@H](O)[C@H](O)[C@H](O)CO. The molecule has 0 unspecified atom stereocenters. The van der Waals surface area contributed by atoms with E-state index in [0.717, 1.165) is 0 Å². The Morgan fingerprint density at radius 3 is 2.12 bits per heavy atom. The normalized spacial score (nSPS) is 20.6. The molecule has 0 saturated heterocycles. The summed E-state index contributed by atoms with van der Waals surface area (Å²) in [6, 6.07) is 0. The van der Waals surface area contributed by atoms with Gasteiger partial charge in [0.15, 0.2) is 11.9 Å². The fourth-order valence-electron chi connectivity index (χ4n) is 1.07. The van der Waals surface area contributed by atoms with Crippen LogP contribution in [0.5, 0.6) is 0 Å². The van der Waals surface area contributed by atoms with Crippen molar-refractivity contribution in [2.24, 2.45) is 0 Å². The lowest BCUT2D eigenvalue weighted by atomic mass is 9.89. The molecule has 0 radical (unpaired) electrons. The summed E-state index contributed by atoms with van der Waals surface area (Å²) in [4.78, 5) is 20.8. The van der Waals surface area contributed by atoms with Crippen molar-refractivity contribution in [3.05, 3.63) is 0 Å². The number of aliphatic hydroxyl groups excluding tert-OH is 4. The predicted octanol–water partition coefficient (Wildman–Crippen LogP) is -3.53. The molecule has 0 bridgehead atoms. The van der Waals surface area contributed by atoms with Crippen LogP contribution in [-0.2, 0) is 9.59 Å². The summed E-state index contributed by atoms with van der Waals surface area (Å²) in [7, 11) is 0. The Balaban J connectivity index is 4.81. The van der Waals surface area contributed by atoms with Gasteiger partial charge in [0.1, 0.15) is 18.3 Å². The number of aldehydes is 1. The van der Waals surface area contributed by atoms with Gasteiger partial charge in [0.25, 0.3) is 0 Å². The molecule has 0 heterocycles. The fourth-order valence-corrected chi connectivity index (χ4v) is 1.07. The zero-order valence-electron chi connectivity index (χ0n) is 8.22. The van der Waals surface area contributed by atoms with E-state index >= 15 is 0 Å². The smallest absolute Gasteiger partial charge is 0.306 e. The number of carbonyl (C=O) groups is 2. The lowest BCUT2D eigenvalue weighted by molar-refractivity contribution is -0.174. The Bertz CT molecular complexity index is 254. The van der Waals surface area contributed by atoms with Crippen molar-refractivity contribution >= 4 is 12.3 Å². The van der Waals surface area contributed by atoms with Gasteiger partial charge in [0.05, 0.1) is 13.0 Å². The highest BCUT2D eigenvalue weighted by Gasteiger charge is 2.44. The first-order valence-corrected chi connectivity index (χ1v) is 4.34. The van der Waals surface area contributed by atoms with Crippen molar-refractivity contribution in [2.45, 2.75) is 30.3 Å². The number of hydrogen-bond donors (Lipinski definition) is 6. The van der Waals surface area contributed by atoms with E-state index in [9.17, 15) is 24.9 Å². The van der Waals surface area contributed by atoms with Crippen molar-refractivity contribution in [3.63, 3.8) is 0 Å². The largest absolute Gasteiger partial charge is 0.481 e. The first-order chi connectivity index (χ1) is 7.28. The molecule has 0 aliphatic carbocycles. The highest BCUT2D eigenvalue weighted by atomic mass is 16.4. The Morgan fingerprint density at radius 1 is 1.31 bits per heavy atom. The lowest BCUT2D eigenvalue weighted by Crippen LogP contribution is -2.55. The molecule has 0 aliphatic rings. The standard InChI is InChI=1S/C8H14O8/c9-2-4(11)6(14)7(15)8(16,3-10)1-5(12)13/h3-4,6-7,9,11,14-16H,1-2H2,(H,12,13)/t4-,6-,7+,8-/m1/s1. The second-order valence-electron chi connectivity index (χ2n) is 3.36. The molecule has 0 amide bonds.